The van der Waals surface area contributed by atoms with Crippen molar-refractivity contribution < 1.29 is 5.11 Å². The van der Waals surface area contributed by atoms with Gasteiger partial charge in [0.15, 0.2) is 0 Å². The zero-order chi connectivity index (χ0) is 11.2. The predicted molar refractivity (Wildman–Crippen MR) is 67.2 cm³/mol. The molecule has 0 amide bonds. The summed E-state index contributed by atoms with van der Waals surface area (Å²) in [5.41, 5.74) is 1.06. The molecule has 0 aliphatic heterocycles. The lowest BCUT2D eigenvalue weighted by Gasteiger charge is -2.12. The van der Waals surface area contributed by atoms with Gasteiger partial charge < -0.3 is 5.11 Å². The van der Waals surface area contributed by atoms with Crippen LogP contribution in [0, 0.1) is 5.92 Å². The van der Waals surface area contributed by atoms with E-state index in [1.54, 1.807) is 0 Å². The van der Waals surface area contributed by atoms with Crippen molar-refractivity contribution in [2.24, 2.45) is 5.92 Å². The van der Waals surface area contributed by atoms with Crippen molar-refractivity contribution in [3.8, 4) is 0 Å². The first-order valence-electron chi connectivity index (χ1n) is 6.59. The van der Waals surface area contributed by atoms with E-state index >= 15 is 0 Å². The Morgan fingerprint density at radius 3 is 2.50 bits per heavy atom. The van der Waals surface area contributed by atoms with Crippen LogP contribution in [0.5, 0.6) is 0 Å². The van der Waals surface area contributed by atoms with Gasteiger partial charge in [0, 0.05) is 0 Å². The smallest absolute Gasteiger partial charge is 0.0790 e. The molecule has 16 heavy (non-hydrogen) atoms. The predicted octanol–water partition coefficient (Wildman–Crippen LogP) is 4.08. The molecule has 1 atom stereocenters. The molecule has 2 rings (SSSR count). The summed E-state index contributed by atoms with van der Waals surface area (Å²) in [5, 5.41) is 9.99. The third kappa shape index (κ3) is 3.34. The van der Waals surface area contributed by atoms with Gasteiger partial charge in [0.05, 0.1) is 6.10 Å². The second kappa shape index (κ2) is 6.05. The van der Waals surface area contributed by atoms with Crippen LogP contribution in [0.15, 0.2) is 30.3 Å². The zero-order valence-corrected chi connectivity index (χ0v) is 9.94. The number of aliphatic hydroxyl groups excluding tert-OH is 1. The van der Waals surface area contributed by atoms with Crippen LogP contribution in [0.4, 0.5) is 0 Å². The van der Waals surface area contributed by atoms with E-state index in [4.69, 9.17) is 0 Å². The van der Waals surface area contributed by atoms with E-state index in [-0.39, 0.29) is 6.10 Å². The second-order valence-corrected chi connectivity index (χ2v) is 5.01. The van der Waals surface area contributed by atoms with Crippen LogP contribution in [0.25, 0.3) is 0 Å². The van der Waals surface area contributed by atoms with Crippen molar-refractivity contribution >= 4 is 0 Å². The van der Waals surface area contributed by atoms with Crippen LogP contribution in [0.1, 0.15) is 56.6 Å². The van der Waals surface area contributed by atoms with Gasteiger partial charge in [-0.3, -0.25) is 0 Å². The van der Waals surface area contributed by atoms with Gasteiger partial charge >= 0.3 is 0 Å². The van der Waals surface area contributed by atoms with Gasteiger partial charge in [0.1, 0.15) is 0 Å². The van der Waals surface area contributed by atoms with E-state index < -0.39 is 0 Å². The van der Waals surface area contributed by atoms with Crippen LogP contribution in [0.3, 0.4) is 0 Å². The SMILES string of the molecule is OC(CCCC1CCCC1)c1ccccc1. The molecule has 1 unspecified atom stereocenters. The summed E-state index contributed by atoms with van der Waals surface area (Å²) in [6.07, 6.45) is 8.81. The normalized spacial score (nSPS) is 18.8. The van der Waals surface area contributed by atoms with E-state index in [9.17, 15) is 5.11 Å². The number of rotatable bonds is 5. The van der Waals surface area contributed by atoms with Crippen molar-refractivity contribution in [3.63, 3.8) is 0 Å². The van der Waals surface area contributed by atoms with Crippen LogP contribution >= 0.6 is 0 Å². The number of aliphatic hydroxyl groups is 1. The fourth-order valence-corrected chi connectivity index (χ4v) is 2.74. The van der Waals surface area contributed by atoms with E-state index in [1.807, 2.05) is 30.3 Å². The second-order valence-electron chi connectivity index (χ2n) is 5.01. The lowest BCUT2D eigenvalue weighted by atomic mass is 9.97. The van der Waals surface area contributed by atoms with Crippen LogP contribution in [-0.2, 0) is 0 Å². The molecule has 1 saturated carbocycles. The van der Waals surface area contributed by atoms with E-state index in [0.29, 0.717) is 0 Å². The molecule has 0 saturated heterocycles. The fourth-order valence-electron chi connectivity index (χ4n) is 2.74. The maximum absolute atomic E-state index is 9.99. The van der Waals surface area contributed by atoms with E-state index in [2.05, 4.69) is 0 Å². The fraction of sp³-hybridized carbons (Fsp3) is 0.600. The Hall–Kier alpha value is -0.820. The zero-order valence-electron chi connectivity index (χ0n) is 9.94. The minimum atomic E-state index is -0.261. The van der Waals surface area contributed by atoms with Crippen LogP contribution in [-0.4, -0.2) is 5.11 Å². The highest BCUT2D eigenvalue weighted by Gasteiger charge is 2.15. The molecule has 1 heteroatoms. The molecule has 1 N–H and O–H groups in total. The van der Waals surface area contributed by atoms with Crippen LogP contribution < -0.4 is 0 Å². The Morgan fingerprint density at radius 1 is 1.12 bits per heavy atom. The summed E-state index contributed by atoms with van der Waals surface area (Å²) in [6, 6.07) is 10.0. The van der Waals surface area contributed by atoms with Crippen molar-refractivity contribution in [3.05, 3.63) is 35.9 Å². The summed E-state index contributed by atoms with van der Waals surface area (Å²) in [7, 11) is 0. The summed E-state index contributed by atoms with van der Waals surface area (Å²) in [5.74, 6) is 0.947. The molecule has 1 nitrogen and oxygen atoms in total. The molecule has 0 aromatic heterocycles. The standard InChI is InChI=1S/C15H22O/c16-15(14-10-2-1-3-11-14)12-6-9-13-7-4-5-8-13/h1-3,10-11,13,15-16H,4-9,12H2. The molecule has 1 aliphatic carbocycles. The minimum absolute atomic E-state index is 0.261. The molecule has 1 aliphatic rings. The summed E-state index contributed by atoms with van der Waals surface area (Å²) < 4.78 is 0. The molecule has 0 heterocycles. The monoisotopic (exact) mass is 218 g/mol. The van der Waals surface area contributed by atoms with Gasteiger partial charge in [-0.15, -0.1) is 0 Å². The average Bonchev–Trinajstić information content (AvgIpc) is 2.83. The summed E-state index contributed by atoms with van der Waals surface area (Å²) >= 11 is 0. The van der Waals surface area contributed by atoms with Gasteiger partial charge in [-0.25, -0.2) is 0 Å². The van der Waals surface area contributed by atoms with Crippen molar-refractivity contribution in [2.75, 3.05) is 0 Å². The van der Waals surface area contributed by atoms with Gasteiger partial charge in [0.2, 0.25) is 0 Å². The molecule has 0 bridgehead atoms. The van der Waals surface area contributed by atoms with Gasteiger partial charge in [-0.1, -0.05) is 68.9 Å². The maximum Gasteiger partial charge on any atom is 0.0790 e. The first-order chi connectivity index (χ1) is 7.86. The molecular formula is C15H22O. The third-order valence-electron chi connectivity index (χ3n) is 3.75. The highest BCUT2D eigenvalue weighted by atomic mass is 16.3. The molecule has 0 spiro atoms. The number of hydrogen-bond acceptors (Lipinski definition) is 1. The molecular weight excluding hydrogens is 196 g/mol. The quantitative estimate of drug-likeness (QED) is 0.789. The van der Waals surface area contributed by atoms with Crippen molar-refractivity contribution in [2.45, 2.75) is 51.0 Å². The van der Waals surface area contributed by atoms with E-state index in [1.165, 1.54) is 38.5 Å². The molecule has 1 aromatic rings. The highest BCUT2D eigenvalue weighted by molar-refractivity contribution is 5.16. The molecule has 1 fully saturated rings. The number of benzene rings is 1. The summed E-state index contributed by atoms with van der Waals surface area (Å²) in [6.45, 7) is 0. The van der Waals surface area contributed by atoms with Crippen molar-refractivity contribution in [1.82, 2.24) is 0 Å². The van der Waals surface area contributed by atoms with Gasteiger partial charge in [0.25, 0.3) is 0 Å². The Balaban J connectivity index is 1.69. The first kappa shape index (κ1) is 11.7. The minimum Gasteiger partial charge on any atom is -0.388 e. The molecule has 0 radical (unpaired) electrons. The Bertz CT molecular complexity index is 288. The molecule has 1 aromatic carbocycles. The van der Waals surface area contributed by atoms with E-state index in [0.717, 1.165) is 17.9 Å². The lowest BCUT2D eigenvalue weighted by Crippen LogP contribution is -1.99. The van der Waals surface area contributed by atoms with Gasteiger partial charge in [-0.05, 0) is 17.9 Å². The van der Waals surface area contributed by atoms with Crippen molar-refractivity contribution in [1.29, 1.82) is 0 Å². The number of hydrogen-bond donors (Lipinski definition) is 1. The maximum atomic E-state index is 9.99. The third-order valence-corrected chi connectivity index (χ3v) is 3.75. The lowest BCUT2D eigenvalue weighted by molar-refractivity contribution is 0.161. The topological polar surface area (TPSA) is 20.2 Å². The summed E-state index contributed by atoms with van der Waals surface area (Å²) in [4.78, 5) is 0. The Morgan fingerprint density at radius 2 is 1.81 bits per heavy atom. The Kier molecular flexibility index (Phi) is 4.41. The molecule has 88 valence electrons. The average molecular weight is 218 g/mol. The highest BCUT2D eigenvalue weighted by Crippen LogP contribution is 2.30. The largest absolute Gasteiger partial charge is 0.388 e. The van der Waals surface area contributed by atoms with Crippen LogP contribution in [0.2, 0.25) is 0 Å². The first-order valence-corrected chi connectivity index (χ1v) is 6.59. The Labute approximate surface area is 98.5 Å². The van der Waals surface area contributed by atoms with Gasteiger partial charge in [-0.2, -0.15) is 0 Å².